The first-order valence-corrected chi connectivity index (χ1v) is 12.4. The van der Waals surface area contributed by atoms with Gasteiger partial charge in [0.15, 0.2) is 0 Å². The van der Waals surface area contributed by atoms with Gasteiger partial charge in [0.25, 0.3) is 5.91 Å². The van der Waals surface area contributed by atoms with Crippen LogP contribution in [0.25, 0.3) is 0 Å². The van der Waals surface area contributed by atoms with Gasteiger partial charge in [-0.25, -0.2) is 8.42 Å². The monoisotopic (exact) mass is 476 g/mol. The molecule has 2 heterocycles. The van der Waals surface area contributed by atoms with Crippen LogP contribution in [-0.2, 0) is 10.0 Å². The Morgan fingerprint density at radius 3 is 2.71 bits per heavy atom. The van der Waals surface area contributed by atoms with Crippen LogP contribution in [0.5, 0.6) is 0 Å². The Balaban J connectivity index is 1.47. The molecule has 0 saturated carbocycles. The van der Waals surface area contributed by atoms with Crippen molar-refractivity contribution in [2.24, 2.45) is 0 Å². The zero-order valence-corrected chi connectivity index (χ0v) is 19.2. The summed E-state index contributed by atoms with van der Waals surface area (Å²) in [5.74, 6) is -0.437. The summed E-state index contributed by atoms with van der Waals surface area (Å²) in [6, 6.07) is 13.8. The van der Waals surface area contributed by atoms with Crippen molar-refractivity contribution in [3.05, 3.63) is 69.1 Å². The van der Waals surface area contributed by atoms with E-state index in [4.69, 9.17) is 11.6 Å². The van der Waals surface area contributed by atoms with E-state index in [9.17, 15) is 13.2 Å². The third-order valence-electron chi connectivity index (χ3n) is 5.11. The number of carbonyl (C=O) groups is 1. The van der Waals surface area contributed by atoms with Gasteiger partial charge in [-0.05, 0) is 50.1 Å². The Morgan fingerprint density at radius 2 is 1.97 bits per heavy atom. The molecule has 0 spiro atoms. The van der Waals surface area contributed by atoms with E-state index in [2.05, 4.69) is 15.5 Å². The molecule has 0 aliphatic carbocycles. The molecule has 1 amide bonds. The van der Waals surface area contributed by atoms with Crippen molar-refractivity contribution in [2.45, 2.75) is 30.6 Å². The molecule has 2 aromatic carbocycles. The second kappa shape index (κ2) is 9.04. The fourth-order valence-corrected chi connectivity index (χ4v) is 6.14. The minimum Gasteiger partial charge on any atom is -0.320 e. The summed E-state index contributed by atoms with van der Waals surface area (Å²) in [4.78, 5) is 12.7. The SMILES string of the molecule is Cc1ccc(NC(=O)c2nnc([C@@H]3CCCN(S(=O)(=O)c4cccc(Cl)c4)C3)s2)cc1. The number of hydrogen-bond acceptors (Lipinski definition) is 6. The van der Waals surface area contributed by atoms with E-state index in [-0.39, 0.29) is 21.7 Å². The second-order valence-corrected chi connectivity index (χ2v) is 10.8. The minimum atomic E-state index is -3.65. The zero-order valence-electron chi connectivity index (χ0n) is 16.8. The first-order chi connectivity index (χ1) is 14.8. The van der Waals surface area contributed by atoms with E-state index < -0.39 is 10.0 Å². The average molecular weight is 477 g/mol. The Kier molecular flexibility index (Phi) is 6.38. The first kappa shape index (κ1) is 21.9. The van der Waals surface area contributed by atoms with Crippen molar-refractivity contribution >= 4 is 44.6 Å². The second-order valence-electron chi connectivity index (χ2n) is 7.43. The molecule has 3 aromatic rings. The molecule has 1 aliphatic rings. The van der Waals surface area contributed by atoms with Gasteiger partial charge in [0.05, 0.1) is 4.90 Å². The molecular formula is C21H21ClN4O3S2. The highest BCUT2D eigenvalue weighted by molar-refractivity contribution is 7.89. The summed E-state index contributed by atoms with van der Waals surface area (Å²) in [6.07, 6.45) is 1.49. The molecule has 1 fully saturated rings. The van der Waals surface area contributed by atoms with Gasteiger partial charge in [0, 0.05) is 29.7 Å². The van der Waals surface area contributed by atoms with Gasteiger partial charge in [-0.15, -0.1) is 10.2 Å². The number of nitrogens with zero attached hydrogens (tertiary/aromatic N) is 3. The van der Waals surface area contributed by atoms with Crippen molar-refractivity contribution in [3.63, 3.8) is 0 Å². The molecule has 162 valence electrons. The number of halogens is 1. The molecule has 10 heteroatoms. The lowest BCUT2D eigenvalue weighted by molar-refractivity contribution is 0.102. The third-order valence-corrected chi connectivity index (χ3v) is 8.29. The number of anilines is 1. The van der Waals surface area contributed by atoms with E-state index in [1.165, 1.54) is 21.7 Å². The molecule has 1 atom stereocenters. The smallest absolute Gasteiger partial charge is 0.286 e. The Labute approximate surface area is 190 Å². The summed E-state index contributed by atoms with van der Waals surface area (Å²) >= 11 is 7.18. The van der Waals surface area contributed by atoms with Gasteiger partial charge in [0.2, 0.25) is 15.0 Å². The van der Waals surface area contributed by atoms with Crippen LogP contribution >= 0.6 is 22.9 Å². The number of nitrogens with one attached hydrogen (secondary N) is 1. The van der Waals surface area contributed by atoms with Crippen molar-refractivity contribution in [2.75, 3.05) is 18.4 Å². The largest absolute Gasteiger partial charge is 0.320 e. The summed E-state index contributed by atoms with van der Waals surface area (Å²) in [6.45, 7) is 2.71. The van der Waals surface area contributed by atoms with Gasteiger partial charge in [-0.2, -0.15) is 4.31 Å². The Hall–Kier alpha value is -2.33. The number of benzene rings is 2. The van der Waals surface area contributed by atoms with E-state index in [0.717, 1.165) is 12.0 Å². The Bertz CT molecular complexity index is 1200. The number of amides is 1. The molecule has 31 heavy (non-hydrogen) atoms. The van der Waals surface area contributed by atoms with E-state index >= 15 is 0 Å². The van der Waals surface area contributed by atoms with Crippen molar-refractivity contribution in [1.29, 1.82) is 0 Å². The number of rotatable bonds is 5. The highest BCUT2D eigenvalue weighted by Crippen LogP contribution is 2.32. The van der Waals surface area contributed by atoms with E-state index in [1.54, 1.807) is 18.2 Å². The zero-order chi connectivity index (χ0) is 22.0. The predicted molar refractivity (Wildman–Crippen MR) is 121 cm³/mol. The Morgan fingerprint density at radius 1 is 1.19 bits per heavy atom. The number of carbonyl (C=O) groups excluding carboxylic acids is 1. The van der Waals surface area contributed by atoms with E-state index in [1.807, 2.05) is 31.2 Å². The van der Waals surface area contributed by atoms with Gasteiger partial charge >= 0.3 is 0 Å². The molecular weight excluding hydrogens is 456 g/mol. The molecule has 7 nitrogen and oxygen atoms in total. The lowest BCUT2D eigenvalue weighted by Gasteiger charge is -2.30. The number of sulfonamides is 1. The molecule has 1 aliphatic heterocycles. The number of aromatic nitrogens is 2. The van der Waals surface area contributed by atoms with Crippen molar-refractivity contribution in [1.82, 2.24) is 14.5 Å². The number of aryl methyl sites for hydroxylation is 1. The van der Waals surface area contributed by atoms with Crippen LogP contribution in [0, 0.1) is 6.92 Å². The molecule has 0 unspecified atom stereocenters. The predicted octanol–water partition coefficient (Wildman–Crippen LogP) is 4.32. The minimum absolute atomic E-state index is 0.110. The van der Waals surface area contributed by atoms with Gasteiger partial charge in [0.1, 0.15) is 5.01 Å². The average Bonchev–Trinajstić information content (AvgIpc) is 3.26. The normalized spacial score (nSPS) is 17.4. The molecule has 1 N–H and O–H groups in total. The molecule has 4 rings (SSSR count). The summed E-state index contributed by atoms with van der Waals surface area (Å²) in [7, 11) is -3.65. The van der Waals surface area contributed by atoms with Crippen molar-refractivity contribution in [3.8, 4) is 0 Å². The number of piperidine rings is 1. The molecule has 1 saturated heterocycles. The summed E-state index contributed by atoms with van der Waals surface area (Å²) in [5.41, 5.74) is 1.79. The maximum absolute atomic E-state index is 13.0. The maximum Gasteiger partial charge on any atom is 0.286 e. The van der Waals surface area contributed by atoms with Crippen molar-refractivity contribution < 1.29 is 13.2 Å². The molecule has 1 aromatic heterocycles. The van der Waals surface area contributed by atoms with Crippen LogP contribution in [-0.4, -0.2) is 41.9 Å². The molecule has 0 radical (unpaired) electrons. The van der Waals surface area contributed by atoms with Gasteiger partial charge < -0.3 is 5.32 Å². The van der Waals surface area contributed by atoms with Gasteiger partial charge in [-0.1, -0.05) is 46.7 Å². The topological polar surface area (TPSA) is 92.3 Å². The standard InChI is InChI=1S/C21H21ClN4O3S2/c1-14-7-9-17(10-8-14)23-19(27)21-25-24-20(30-21)15-4-3-11-26(13-15)31(28,29)18-6-2-5-16(22)12-18/h2,5-10,12,15H,3-4,11,13H2,1H3,(H,23,27)/t15-/m1/s1. The van der Waals surface area contributed by atoms with Crippen LogP contribution in [0.15, 0.2) is 53.4 Å². The highest BCUT2D eigenvalue weighted by atomic mass is 35.5. The first-order valence-electron chi connectivity index (χ1n) is 9.80. The lowest BCUT2D eigenvalue weighted by Crippen LogP contribution is -2.39. The highest BCUT2D eigenvalue weighted by Gasteiger charge is 2.33. The van der Waals surface area contributed by atoms with Crippen LogP contribution in [0.1, 0.15) is 39.1 Å². The van der Waals surface area contributed by atoms with Crippen LogP contribution < -0.4 is 5.32 Å². The quantitative estimate of drug-likeness (QED) is 0.592. The molecule has 0 bridgehead atoms. The van der Waals surface area contributed by atoms with Crippen LogP contribution in [0.2, 0.25) is 5.02 Å². The maximum atomic E-state index is 13.0. The van der Waals surface area contributed by atoms with Crippen LogP contribution in [0.4, 0.5) is 5.69 Å². The van der Waals surface area contributed by atoms with Crippen LogP contribution in [0.3, 0.4) is 0 Å². The third kappa shape index (κ3) is 4.95. The van der Waals surface area contributed by atoms with E-state index in [0.29, 0.717) is 35.2 Å². The number of hydrogen-bond donors (Lipinski definition) is 1. The fraction of sp³-hybridized carbons (Fsp3) is 0.286. The summed E-state index contributed by atoms with van der Waals surface area (Å²) in [5, 5.41) is 12.3. The lowest BCUT2D eigenvalue weighted by atomic mass is 10.0. The fourth-order valence-electron chi connectivity index (χ4n) is 3.45. The van der Waals surface area contributed by atoms with Gasteiger partial charge in [-0.3, -0.25) is 4.79 Å². The summed E-state index contributed by atoms with van der Waals surface area (Å²) < 4.78 is 27.5.